The van der Waals surface area contributed by atoms with E-state index in [2.05, 4.69) is 10.4 Å². The molecule has 0 spiro atoms. The van der Waals surface area contributed by atoms with Gasteiger partial charge in [-0.2, -0.15) is 5.10 Å². The number of rotatable bonds is 6. The predicted octanol–water partition coefficient (Wildman–Crippen LogP) is 4.13. The Morgan fingerprint density at radius 3 is 2.72 bits per heavy atom. The van der Waals surface area contributed by atoms with Gasteiger partial charge in [0.2, 0.25) is 6.79 Å². The van der Waals surface area contributed by atoms with Gasteiger partial charge in [0.1, 0.15) is 11.3 Å². The van der Waals surface area contributed by atoms with Crippen molar-refractivity contribution in [1.29, 1.82) is 0 Å². The van der Waals surface area contributed by atoms with E-state index in [-0.39, 0.29) is 12.4 Å². The second-order valence-electron chi connectivity index (χ2n) is 6.84. The quantitative estimate of drug-likeness (QED) is 0.447. The summed E-state index contributed by atoms with van der Waals surface area (Å²) in [5.74, 6) is 0.0708. The van der Waals surface area contributed by atoms with Crippen molar-refractivity contribution in [3.05, 3.63) is 77.8 Å². The Morgan fingerprint density at radius 2 is 1.91 bits per heavy atom. The van der Waals surface area contributed by atoms with Crippen molar-refractivity contribution in [2.24, 2.45) is 0 Å². The molecule has 4 aromatic rings. The lowest BCUT2D eigenvalue weighted by Gasteiger charge is -2.07. The highest BCUT2D eigenvalue weighted by molar-refractivity contribution is 7.13. The SMILES string of the molecule is O=C(COC(=O)c1cn(-c2ccccc2)nc1-c1cccs1)Nc1ccc2c(c1)OCO2. The van der Waals surface area contributed by atoms with Gasteiger partial charge < -0.3 is 19.5 Å². The maximum Gasteiger partial charge on any atom is 0.342 e. The van der Waals surface area contributed by atoms with Gasteiger partial charge in [-0.05, 0) is 35.7 Å². The molecule has 5 rings (SSSR count). The Bertz CT molecular complexity index is 1270. The van der Waals surface area contributed by atoms with Gasteiger partial charge in [-0.1, -0.05) is 24.3 Å². The molecule has 0 aliphatic carbocycles. The van der Waals surface area contributed by atoms with E-state index in [1.165, 1.54) is 11.3 Å². The van der Waals surface area contributed by atoms with Crippen LogP contribution in [0.5, 0.6) is 11.5 Å². The first-order valence-electron chi connectivity index (χ1n) is 9.73. The van der Waals surface area contributed by atoms with Crippen LogP contribution in [-0.4, -0.2) is 35.1 Å². The average Bonchev–Trinajstić information content (AvgIpc) is 3.58. The molecule has 1 aliphatic heterocycles. The monoisotopic (exact) mass is 447 g/mol. The van der Waals surface area contributed by atoms with Crippen molar-refractivity contribution in [2.75, 3.05) is 18.7 Å². The molecular formula is C23H17N3O5S. The number of anilines is 1. The van der Waals surface area contributed by atoms with Crippen LogP contribution in [0.2, 0.25) is 0 Å². The fraction of sp³-hybridized carbons (Fsp3) is 0.0870. The minimum atomic E-state index is -0.628. The molecule has 8 nitrogen and oxygen atoms in total. The van der Waals surface area contributed by atoms with E-state index in [1.54, 1.807) is 29.1 Å². The molecule has 0 saturated carbocycles. The molecular weight excluding hydrogens is 430 g/mol. The van der Waals surface area contributed by atoms with Gasteiger partial charge in [-0.25, -0.2) is 9.48 Å². The first-order valence-corrected chi connectivity index (χ1v) is 10.6. The number of carbonyl (C=O) groups is 2. The van der Waals surface area contributed by atoms with E-state index < -0.39 is 18.5 Å². The molecule has 9 heteroatoms. The van der Waals surface area contributed by atoms with Gasteiger partial charge in [0.25, 0.3) is 5.91 Å². The number of esters is 1. The molecule has 1 amide bonds. The standard InChI is InChI=1S/C23H17N3O5S/c27-21(24-15-8-9-18-19(11-15)31-14-30-18)13-29-23(28)17-12-26(16-5-2-1-3-6-16)25-22(17)20-7-4-10-32-20/h1-12H,13-14H2,(H,24,27). The number of nitrogens with zero attached hydrogens (tertiary/aromatic N) is 2. The van der Waals surface area contributed by atoms with Gasteiger partial charge in [-0.15, -0.1) is 11.3 Å². The molecule has 1 N–H and O–H groups in total. The van der Waals surface area contributed by atoms with Crippen LogP contribution >= 0.6 is 11.3 Å². The van der Waals surface area contributed by atoms with E-state index in [9.17, 15) is 9.59 Å². The summed E-state index contributed by atoms with van der Waals surface area (Å²) in [4.78, 5) is 26.0. The molecule has 0 atom stereocenters. The number of hydrogen-bond acceptors (Lipinski definition) is 7. The number of ether oxygens (including phenoxy) is 3. The number of hydrogen-bond donors (Lipinski definition) is 1. The zero-order chi connectivity index (χ0) is 21.9. The first-order chi connectivity index (χ1) is 15.7. The van der Waals surface area contributed by atoms with E-state index in [4.69, 9.17) is 14.2 Å². The van der Waals surface area contributed by atoms with Crippen LogP contribution in [0.4, 0.5) is 5.69 Å². The van der Waals surface area contributed by atoms with Crippen LogP contribution in [0.3, 0.4) is 0 Å². The summed E-state index contributed by atoms with van der Waals surface area (Å²) in [5, 5.41) is 9.16. The molecule has 2 aromatic carbocycles. The lowest BCUT2D eigenvalue weighted by molar-refractivity contribution is -0.119. The van der Waals surface area contributed by atoms with Gasteiger partial charge in [-0.3, -0.25) is 4.79 Å². The summed E-state index contributed by atoms with van der Waals surface area (Å²) in [5.41, 5.74) is 2.12. The van der Waals surface area contributed by atoms with Crippen molar-refractivity contribution in [3.8, 4) is 27.8 Å². The molecule has 160 valence electrons. The Morgan fingerprint density at radius 1 is 1.06 bits per heavy atom. The highest BCUT2D eigenvalue weighted by atomic mass is 32.1. The van der Waals surface area contributed by atoms with Crippen molar-refractivity contribution in [1.82, 2.24) is 9.78 Å². The highest BCUT2D eigenvalue weighted by Gasteiger charge is 2.22. The molecule has 0 saturated heterocycles. The third kappa shape index (κ3) is 4.06. The van der Waals surface area contributed by atoms with Crippen molar-refractivity contribution in [3.63, 3.8) is 0 Å². The summed E-state index contributed by atoms with van der Waals surface area (Å²) in [6, 6.07) is 18.3. The number of benzene rings is 2. The Labute approximate surface area is 187 Å². The molecule has 1 aliphatic rings. The average molecular weight is 447 g/mol. The van der Waals surface area contributed by atoms with Crippen LogP contribution in [0.15, 0.2) is 72.2 Å². The second-order valence-corrected chi connectivity index (χ2v) is 7.79. The maximum absolute atomic E-state index is 12.8. The van der Waals surface area contributed by atoms with Gasteiger partial charge in [0.15, 0.2) is 18.1 Å². The molecule has 0 unspecified atom stereocenters. The van der Waals surface area contributed by atoms with Crippen LogP contribution < -0.4 is 14.8 Å². The number of thiophene rings is 1. The number of aromatic nitrogens is 2. The normalized spacial score (nSPS) is 11.9. The largest absolute Gasteiger partial charge is 0.454 e. The Kier molecular flexibility index (Phi) is 5.30. The number of nitrogens with one attached hydrogen (secondary N) is 1. The fourth-order valence-corrected chi connectivity index (χ4v) is 3.94. The highest BCUT2D eigenvalue weighted by Crippen LogP contribution is 2.34. The fourth-order valence-electron chi connectivity index (χ4n) is 3.21. The third-order valence-corrected chi connectivity index (χ3v) is 5.58. The summed E-state index contributed by atoms with van der Waals surface area (Å²) in [6.07, 6.45) is 1.61. The van der Waals surface area contributed by atoms with E-state index in [0.717, 1.165) is 10.6 Å². The summed E-state index contributed by atoms with van der Waals surface area (Å²) >= 11 is 1.47. The number of fused-ring (bicyclic) bond motifs is 1. The zero-order valence-corrected chi connectivity index (χ0v) is 17.5. The predicted molar refractivity (Wildman–Crippen MR) is 118 cm³/mol. The molecule has 32 heavy (non-hydrogen) atoms. The van der Waals surface area contributed by atoms with Crippen LogP contribution in [0.25, 0.3) is 16.3 Å². The van der Waals surface area contributed by atoms with Crippen molar-refractivity contribution < 1.29 is 23.8 Å². The third-order valence-electron chi connectivity index (χ3n) is 4.70. The van der Waals surface area contributed by atoms with Crippen LogP contribution in [-0.2, 0) is 9.53 Å². The minimum absolute atomic E-state index is 0.146. The Balaban J connectivity index is 1.30. The second kappa shape index (κ2) is 8.56. The molecule has 2 aromatic heterocycles. The smallest absolute Gasteiger partial charge is 0.342 e. The summed E-state index contributed by atoms with van der Waals surface area (Å²) < 4.78 is 17.5. The Hall–Kier alpha value is -4.11. The lowest BCUT2D eigenvalue weighted by atomic mass is 10.2. The van der Waals surface area contributed by atoms with Crippen LogP contribution in [0.1, 0.15) is 10.4 Å². The lowest BCUT2D eigenvalue weighted by Crippen LogP contribution is -2.21. The summed E-state index contributed by atoms with van der Waals surface area (Å²) in [6.45, 7) is -0.290. The first kappa shape index (κ1) is 19.8. The zero-order valence-electron chi connectivity index (χ0n) is 16.7. The van der Waals surface area contributed by atoms with Gasteiger partial charge in [0, 0.05) is 18.0 Å². The minimum Gasteiger partial charge on any atom is -0.454 e. The van der Waals surface area contributed by atoms with E-state index in [1.807, 2.05) is 47.8 Å². The topological polar surface area (TPSA) is 91.7 Å². The number of para-hydroxylation sites is 1. The van der Waals surface area contributed by atoms with Crippen LogP contribution in [0, 0.1) is 0 Å². The number of amides is 1. The molecule has 0 bridgehead atoms. The van der Waals surface area contributed by atoms with Crippen molar-refractivity contribution >= 4 is 28.9 Å². The molecule has 0 radical (unpaired) electrons. The van der Waals surface area contributed by atoms with E-state index in [0.29, 0.717) is 22.9 Å². The van der Waals surface area contributed by atoms with Gasteiger partial charge in [0.05, 0.1) is 10.6 Å². The van der Waals surface area contributed by atoms with Crippen molar-refractivity contribution in [2.45, 2.75) is 0 Å². The van der Waals surface area contributed by atoms with Gasteiger partial charge >= 0.3 is 5.97 Å². The molecule has 3 heterocycles. The maximum atomic E-state index is 12.8. The molecule has 0 fully saturated rings. The number of carbonyl (C=O) groups excluding carboxylic acids is 2. The summed E-state index contributed by atoms with van der Waals surface area (Å²) in [7, 11) is 0. The van der Waals surface area contributed by atoms with E-state index >= 15 is 0 Å².